The molecule has 1 aliphatic rings. The first-order chi connectivity index (χ1) is 10.7. The number of fused-ring (bicyclic) bond motifs is 1. The van der Waals surface area contributed by atoms with Gasteiger partial charge in [-0.2, -0.15) is 11.8 Å². The molecule has 0 bridgehead atoms. The predicted octanol–water partition coefficient (Wildman–Crippen LogP) is 1.48. The van der Waals surface area contributed by atoms with E-state index in [2.05, 4.69) is 5.32 Å². The van der Waals surface area contributed by atoms with Crippen LogP contribution in [-0.2, 0) is 11.2 Å². The van der Waals surface area contributed by atoms with E-state index in [1.54, 1.807) is 18.9 Å². The van der Waals surface area contributed by atoms with Crippen LogP contribution in [0.4, 0.5) is 0 Å². The molecular formula is C16H23NO4S. The highest BCUT2D eigenvalue weighted by atomic mass is 32.2. The maximum absolute atomic E-state index is 12.4. The Bertz CT molecular complexity index is 503. The summed E-state index contributed by atoms with van der Waals surface area (Å²) < 4.78 is 10.9. The summed E-state index contributed by atoms with van der Waals surface area (Å²) in [5.74, 6) is 2.15. The van der Waals surface area contributed by atoms with Gasteiger partial charge < -0.3 is 19.9 Å². The van der Waals surface area contributed by atoms with E-state index < -0.39 is 0 Å². The van der Waals surface area contributed by atoms with E-state index >= 15 is 0 Å². The van der Waals surface area contributed by atoms with Gasteiger partial charge >= 0.3 is 0 Å². The monoisotopic (exact) mass is 325 g/mol. The zero-order valence-corrected chi connectivity index (χ0v) is 13.8. The van der Waals surface area contributed by atoms with Crippen LogP contribution >= 0.6 is 11.8 Å². The van der Waals surface area contributed by atoms with Gasteiger partial charge in [0, 0.05) is 24.5 Å². The average molecular weight is 325 g/mol. The van der Waals surface area contributed by atoms with E-state index in [-0.39, 0.29) is 24.5 Å². The molecule has 2 rings (SSSR count). The molecule has 0 radical (unpaired) electrons. The lowest BCUT2D eigenvalue weighted by atomic mass is 9.95. The van der Waals surface area contributed by atoms with Gasteiger partial charge in [0.25, 0.3) is 0 Å². The van der Waals surface area contributed by atoms with Crippen LogP contribution in [0.5, 0.6) is 11.5 Å². The number of hydrogen-bond acceptors (Lipinski definition) is 5. The lowest BCUT2D eigenvalue weighted by Gasteiger charge is -2.27. The molecule has 0 unspecified atom stereocenters. The second-order valence-corrected chi connectivity index (χ2v) is 6.27. The van der Waals surface area contributed by atoms with Crippen molar-refractivity contribution in [1.29, 1.82) is 0 Å². The van der Waals surface area contributed by atoms with Crippen molar-refractivity contribution in [2.75, 3.05) is 32.3 Å². The molecule has 6 heteroatoms. The molecule has 5 nitrogen and oxygen atoms in total. The Labute approximate surface area is 135 Å². The number of carbonyl (C=O) groups is 1. The molecule has 0 saturated carbocycles. The van der Waals surface area contributed by atoms with Crippen LogP contribution in [0, 0.1) is 5.92 Å². The van der Waals surface area contributed by atoms with Crippen molar-refractivity contribution < 1.29 is 19.4 Å². The third kappa shape index (κ3) is 4.30. The van der Waals surface area contributed by atoms with Gasteiger partial charge in [-0.15, -0.1) is 0 Å². The molecule has 2 N–H and O–H groups in total. The second-order valence-electron chi connectivity index (χ2n) is 5.36. The standard InChI is InChI=1S/C16H23NO4S/c1-20-14-4-3-11-7-12(9-21-15(11)8-14)16(19)17-13(5-6-18)10-22-2/h3-4,8,12-13,18H,5-7,9-10H2,1-2H3,(H,17,19)/t12-,13+/m1/s1. The van der Waals surface area contributed by atoms with Crippen molar-refractivity contribution >= 4 is 17.7 Å². The van der Waals surface area contributed by atoms with Gasteiger partial charge in [-0.25, -0.2) is 0 Å². The molecule has 1 heterocycles. The summed E-state index contributed by atoms with van der Waals surface area (Å²) in [5.41, 5.74) is 1.02. The van der Waals surface area contributed by atoms with E-state index in [1.807, 2.05) is 24.5 Å². The summed E-state index contributed by atoms with van der Waals surface area (Å²) in [6.45, 7) is 0.451. The largest absolute Gasteiger partial charge is 0.497 e. The molecule has 0 aliphatic carbocycles. The second kappa shape index (κ2) is 8.29. The van der Waals surface area contributed by atoms with Crippen molar-refractivity contribution in [3.8, 4) is 11.5 Å². The quantitative estimate of drug-likeness (QED) is 0.795. The van der Waals surface area contributed by atoms with Gasteiger partial charge in [0.05, 0.1) is 13.0 Å². The summed E-state index contributed by atoms with van der Waals surface area (Å²) in [5, 5.41) is 12.1. The first kappa shape index (κ1) is 17.0. The number of aliphatic hydroxyl groups is 1. The fourth-order valence-electron chi connectivity index (χ4n) is 2.52. The third-order valence-electron chi connectivity index (χ3n) is 3.74. The number of benzene rings is 1. The lowest BCUT2D eigenvalue weighted by molar-refractivity contribution is -0.126. The summed E-state index contributed by atoms with van der Waals surface area (Å²) >= 11 is 1.66. The van der Waals surface area contributed by atoms with Crippen LogP contribution in [0.1, 0.15) is 12.0 Å². The third-order valence-corrected chi connectivity index (χ3v) is 4.48. The zero-order valence-electron chi connectivity index (χ0n) is 13.0. The number of rotatable bonds is 7. The maximum Gasteiger partial charge on any atom is 0.227 e. The minimum absolute atomic E-state index is 0.00441. The smallest absolute Gasteiger partial charge is 0.227 e. The molecule has 1 aliphatic heterocycles. The van der Waals surface area contributed by atoms with Crippen molar-refractivity contribution in [2.45, 2.75) is 18.9 Å². The Kier molecular flexibility index (Phi) is 6.39. The number of carbonyl (C=O) groups excluding carboxylic acids is 1. The molecule has 0 aromatic heterocycles. The summed E-state index contributed by atoms with van der Waals surface area (Å²) in [4.78, 5) is 12.4. The van der Waals surface area contributed by atoms with E-state index in [1.165, 1.54) is 0 Å². The minimum atomic E-state index is -0.191. The fourth-order valence-corrected chi connectivity index (χ4v) is 3.17. The van der Waals surface area contributed by atoms with Crippen LogP contribution in [-0.4, -0.2) is 49.4 Å². The van der Waals surface area contributed by atoms with Gasteiger partial charge in [-0.3, -0.25) is 4.79 Å². The number of aliphatic hydroxyl groups excluding tert-OH is 1. The molecule has 22 heavy (non-hydrogen) atoms. The topological polar surface area (TPSA) is 67.8 Å². The number of nitrogens with one attached hydrogen (secondary N) is 1. The minimum Gasteiger partial charge on any atom is -0.497 e. The summed E-state index contributed by atoms with van der Waals surface area (Å²) in [6.07, 6.45) is 3.23. The molecule has 2 atom stereocenters. The molecule has 0 spiro atoms. The number of methoxy groups -OCH3 is 1. The van der Waals surface area contributed by atoms with Crippen molar-refractivity contribution in [1.82, 2.24) is 5.32 Å². The number of amides is 1. The van der Waals surface area contributed by atoms with Crippen LogP contribution in [0.15, 0.2) is 18.2 Å². The molecule has 1 aromatic carbocycles. The molecule has 122 valence electrons. The molecule has 1 amide bonds. The van der Waals surface area contributed by atoms with Crippen molar-refractivity contribution in [3.63, 3.8) is 0 Å². The van der Waals surface area contributed by atoms with Gasteiger partial charge in [-0.05, 0) is 30.7 Å². The lowest BCUT2D eigenvalue weighted by Crippen LogP contribution is -2.44. The highest BCUT2D eigenvalue weighted by molar-refractivity contribution is 7.98. The SMILES string of the molecule is COc1ccc2c(c1)OC[C@H](C(=O)N[C@@H](CCO)CSC)C2. The number of hydrogen-bond donors (Lipinski definition) is 2. The van der Waals surface area contributed by atoms with Gasteiger partial charge in [-0.1, -0.05) is 6.07 Å². The fraction of sp³-hybridized carbons (Fsp3) is 0.562. The Balaban J connectivity index is 1.97. The van der Waals surface area contributed by atoms with Crippen LogP contribution in [0.25, 0.3) is 0 Å². The Hall–Kier alpha value is -1.40. The van der Waals surface area contributed by atoms with Crippen LogP contribution in [0.2, 0.25) is 0 Å². The predicted molar refractivity (Wildman–Crippen MR) is 87.7 cm³/mol. The highest BCUT2D eigenvalue weighted by Crippen LogP contribution is 2.31. The summed E-state index contributed by atoms with van der Waals surface area (Å²) in [7, 11) is 1.62. The Morgan fingerprint density at radius 1 is 1.59 bits per heavy atom. The van der Waals surface area contributed by atoms with Crippen LogP contribution < -0.4 is 14.8 Å². The van der Waals surface area contributed by atoms with Gasteiger partial charge in [0.2, 0.25) is 5.91 Å². The first-order valence-electron chi connectivity index (χ1n) is 7.37. The van der Waals surface area contributed by atoms with Crippen molar-refractivity contribution in [3.05, 3.63) is 23.8 Å². The molecular weight excluding hydrogens is 302 g/mol. The van der Waals surface area contributed by atoms with Crippen LogP contribution in [0.3, 0.4) is 0 Å². The first-order valence-corrected chi connectivity index (χ1v) is 8.77. The molecule has 1 aromatic rings. The normalized spacial score (nSPS) is 18.0. The van der Waals surface area contributed by atoms with E-state index in [9.17, 15) is 4.79 Å². The summed E-state index contributed by atoms with van der Waals surface area (Å²) in [6, 6.07) is 5.68. The molecule has 0 fully saturated rings. The number of ether oxygens (including phenoxy) is 2. The van der Waals surface area contributed by atoms with E-state index in [0.29, 0.717) is 19.4 Å². The Morgan fingerprint density at radius 3 is 3.09 bits per heavy atom. The number of thioether (sulfide) groups is 1. The Morgan fingerprint density at radius 2 is 2.41 bits per heavy atom. The van der Waals surface area contributed by atoms with E-state index in [4.69, 9.17) is 14.6 Å². The van der Waals surface area contributed by atoms with Crippen molar-refractivity contribution in [2.24, 2.45) is 5.92 Å². The molecule has 0 saturated heterocycles. The zero-order chi connectivity index (χ0) is 15.9. The van der Waals surface area contributed by atoms with Gasteiger partial charge in [0.15, 0.2) is 0 Å². The van der Waals surface area contributed by atoms with E-state index in [0.717, 1.165) is 22.8 Å². The average Bonchev–Trinajstić information content (AvgIpc) is 2.54. The highest BCUT2D eigenvalue weighted by Gasteiger charge is 2.27. The maximum atomic E-state index is 12.4. The van der Waals surface area contributed by atoms with Gasteiger partial charge in [0.1, 0.15) is 18.1 Å².